The second-order valence-corrected chi connectivity index (χ2v) is 12.2. The van der Waals surface area contributed by atoms with Crippen LogP contribution in [0.4, 0.5) is 5.13 Å². The van der Waals surface area contributed by atoms with Crippen LogP contribution in [0.1, 0.15) is 59.6 Å². The highest BCUT2D eigenvalue weighted by molar-refractivity contribution is 7.53. The minimum absolute atomic E-state index is 0.156. The molecule has 8 heteroatoms. The van der Waals surface area contributed by atoms with Crippen LogP contribution in [0.15, 0.2) is 42.5 Å². The van der Waals surface area contributed by atoms with E-state index in [2.05, 4.69) is 30.4 Å². The first-order valence-corrected chi connectivity index (χ1v) is 14.1. The molecule has 1 aromatic heterocycles. The number of hydrogen-bond donors (Lipinski definition) is 1. The van der Waals surface area contributed by atoms with Gasteiger partial charge in [-0.15, -0.1) is 11.3 Å². The summed E-state index contributed by atoms with van der Waals surface area (Å²) in [6.45, 7) is 9.41. The molecule has 0 atom stereocenters. The van der Waals surface area contributed by atoms with E-state index in [0.717, 1.165) is 24.1 Å². The van der Waals surface area contributed by atoms with Gasteiger partial charge in [0, 0.05) is 16.0 Å². The third kappa shape index (κ3) is 5.84. The molecule has 4 rings (SSSR count). The average molecular weight is 499 g/mol. The fourth-order valence-corrected chi connectivity index (χ4v) is 7.17. The van der Waals surface area contributed by atoms with E-state index >= 15 is 0 Å². The number of rotatable bonds is 8. The van der Waals surface area contributed by atoms with Gasteiger partial charge >= 0.3 is 7.60 Å². The number of nitrogens with zero attached hydrogens (tertiary/aromatic N) is 1. The Morgan fingerprint density at radius 1 is 1.06 bits per heavy atom. The van der Waals surface area contributed by atoms with Crippen molar-refractivity contribution in [3.63, 3.8) is 0 Å². The molecule has 0 radical (unpaired) electrons. The van der Waals surface area contributed by atoms with Crippen molar-refractivity contribution in [1.29, 1.82) is 0 Å². The van der Waals surface area contributed by atoms with Crippen LogP contribution in [0.5, 0.6) is 0 Å². The standard InChI is InChI=1S/C26H31N2O4PS/c1-16(2)31-33(30,32-17(3)4)15-19-7-10-21(11-8-19)25(29)28-26-27-24-22-14-18(5)6-9-20(22)12-13-23(24)34-26/h6-11,14,16-17H,12-13,15H2,1-5H3,(H,27,28,29). The number of carbonyl (C=O) groups is 1. The molecule has 180 valence electrons. The lowest BCUT2D eigenvalue weighted by Crippen LogP contribution is -2.12. The van der Waals surface area contributed by atoms with E-state index in [-0.39, 0.29) is 24.3 Å². The minimum Gasteiger partial charge on any atom is -0.306 e. The van der Waals surface area contributed by atoms with Gasteiger partial charge in [0.15, 0.2) is 5.13 Å². The molecule has 0 aliphatic heterocycles. The maximum absolute atomic E-state index is 13.1. The molecule has 0 saturated heterocycles. The Morgan fingerprint density at radius 2 is 1.74 bits per heavy atom. The summed E-state index contributed by atoms with van der Waals surface area (Å²) in [7, 11) is -3.29. The van der Waals surface area contributed by atoms with Gasteiger partial charge in [-0.1, -0.05) is 29.8 Å². The predicted molar refractivity (Wildman–Crippen MR) is 138 cm³/mol. The number of anilines is 1. The number of carbonyl (C=O) groups excluding carboxylic acids is 1. The van der Waals surface area contributed by atoms with Crippen molar-refractivity contribution in [2.75, 3.05) is 5.32 Å². The number of nitrogens with one attached hydrogen (secondary N) is 1. The highest BCUT2D eigenvalue weighted by Crippen LogP contribution is 2.53. The van der Waals surface area contributed by atoms with Crippen LogP contribution in [0.25, 0.3) is 11.3 Å². The molecular weight excluding hydrogens is 467 g/mol. The van der Waals surface area contributed by atoms with Crippen LogP contribution in [0.3, 0.4) is 0 Å². The average Bonchev–Trinajstić information content (AvgIpc) is 3.15. The number of hydrogen-bond acceptors (Lipinski definition) is 6. The predicted octanol–water partition coefficient (Wildman–Crippen LogP) is 7.01. The van der Waals surface area contributed by atoms with E-state index in [4.69, 9.17) is 14.0 Å². The van der Waals surface area contributed by atoms with E-state index in [9.17, 15) is 9.36 Å². The fourth-order valence-electron chi connectivity index (χ4n) is 4.06. The second-order valence-electron chi connectivity index (χ2n) is 9.18. The van der Waals surface area contributed by atoms with Crippen LogP contribution in [0, 0.1) is 6.92 Å². The van der Waals surface area contributed by atoms with E-state index < -0.39 is 7.60 Å². The quantitative estimate of drug-likeness (QED) is 0.338. The second kappa shape index (κ2) is 10.1. The van der Waals surface area contributed by atoms with Crippen molar-refractivity contribution in [3.05, 3.63) is 69.6 Å². The Balaban J connectivity index is 1.46. The zero-order valence-electron chi connectivity index (χ0n) is 20.3. The highest BCUT2D eigenvalue weighted by atomic mass is 32.1. The number of thiazole rings is 1. The third-order valence-electron chi connectivity index (χ3n) is 5.39. The fraction of sp³-hybridized carbons (Fsp3) is 0.385. The Bertz CT molecular complexity index is 1220. The van der Waals surface area contributed by atoms with Gasteiger partial charge in [-0.25, -0.2) is 4.98 Å². The lowest BCUT2D eigenvalue weighted by atomic mass is 9.92. The molecule has 1 heterocycles. The Labute approximate surface area is 205 Å². The van der Waals surface area contributed by atoms with Crippen molar-refractivity contribution in [1.82, 2.24) is 4.98 Å². The lowest BCUT2D eigenvalue weighted by Gasteiger charge is -2.22. The van der Waals surface area contributed by atoms with Crippen molar-refractivity contribution in [2.24, 2.45) is 0 Å². The molecule has 0 unspecified atom stereocenters. The molecule has 0 bridgehead atoms. The molecule has 2 aromatic carbocycles. The monoisotopic (exact) mass is 498 g/mol. The molecular formula is C26H31N2O4PS. The van der Waals surface area contributed by atoms with Gasteiger partial charge in [-0.05, 0) is 76.8 Å². The molecule has 1 N–H and O–H groups in total. The first-order valence-electron chi connectivity index (χ1n) is 11.6. The summed E-state index contributed by atoms with van der Waals surface area (Å²) in [4.78, 5) is 18.8. The maximum atomic E-state index is 13.1. The molecule has 0 spiro atoms. The van der Waals surface area contributed by atoms with Gasteiger partial charge in [0.05, 0.1) is 24.1 Å². The zero-order chi connectivity index (χ0) is 24.5. The highest BCUT2D eigenvalue weighted by Gasteiger charge is 2.28. The van der Waals surface area contributed by atoms with Crippen LogP contribution < -0.4 is 5.32 Å². The van der Waals surface area contributed by atoms with Gasteiger partial charge in [0.2, 0.25) is 0 Å². The lowest BCUT2D eigenvalue weighted by molar-refractivity contribution is 0.102. The summed E-state index contributed by atoms with van der Waals surface area (Å²) in [5, 5.41) is 3.55. The molecule has 34 heavy (non-hydrogen) atoms. The summed E-state index contributed by atoms with van der Waals surface area (Å²) >= 11 is 1.54. The Kier molecular flexibility index (Phi) is 7.39. The van der Waals surface area contributed by atoms with Crippen molar-refractivity contribution in [2.45, 2.75) is 65.8 Å². The van der Waals surface area contributed by atoms with Gasteiger partial charge in [0.1, 0.15) is 0 Å². The molecule has 1 aliphatic carbocycles. The van der Waals surface area contributed by atoms with Gasteiger partial charge in [0.25, 0.3) is 5.91 Å². The van der Waals surface area contributed by atoms with E-state index in [1.165, 1.54) is 32.9 Å². The number of amides is 1. The van der Waals surface area contributed by atoms with Crippen molar-refractivity contribution >= 4 is 30.0 Å². The molecule has 1 amide bonds. The topological polar surface area (TPSA) is 77.5 Å². The normalized spacial score (nSPS) is 13.1. The SMILES string of the molecule is Cc1ccc2c(c1)-c1nc(NC(=O)c3ccc(CP(=O)(OC(C)C)OC(C)C)cc3)sc1CC2. The largest absolute Gasteiger partial charge is 0.335 e. The molecule has 6 nitrogen and oxygen atoms in total. The Hall–Kier alpha value is -2.31. The van der Waals surface area contributed by atoms with Crippen LogP contribution in [-0.2, 0) is 32.6 Å². The molecule has 1 aliphatic rings. The third-order valence-corrected chi connectivity index (χ3v) is 8.66. The van der Waals surface area contributed by atoms with Crippen LogP contribution >= 0.6 is 18.9 Å². The number of aryl methyl sites for hydroxylation is 3. The van der Waals surface area contributed by atoms with Gasteiger partial charge < -0.3 is 9.05 Å². The summed E-state index contributed by atoms with van der Waals surface area (Å²) in [6.07, 6.45) is 1.66. The molecule has 0 saturated carbocycles. The summed E-state index contributed by atoms with van der Waals surface area (Å²) in [5.41, 5.74) is 5.95. The minimum atomic E-state index is -3.29. The zero-order valence-corrected chi connectivity index (χ0v) is 22.0. The first-order chi connectivity index (χ1) is 16.1. The van der Waals surface area contributed by atoms with Gasteiger partial charge in [-0.2, -0.15) is 0 Å². The molecule has 3 aromatic rings. The maximum Gasteiger partial charge on any atom is 0.335 e. The summed E-state index contributed by atoms with van der Waals surface area (Å²) in [6, 6.07) is 13.5. The van der Waals surface area contributed by atoms with Crippen LogP contribution in [-0.4, -0.2) is 23.1 Å². The number of fused-ring (bicyclic) bond motifs is 3. The number of aromatic nitrogens is 1. The Morgan fingerprint density at radius 3 is 2.38 bits per heavy atom. The van der Waals surface area contributed by atoms with E-state index in [1.54, 1.807) is 24.3 Å². The smallest absolute Gasteiger partial charge is 0.306 e. The van der Waals surface area contributed by atoms with Crippen molar-refractivity contribution < 1.29 is 18.4 Å². The summed E-state index contributed by atoms with van der Waals surface area (Å²) in [5.74, 6) is -0.220. The van der Waals surface area contributed by atoms with Crippen molar-refractivity contribution in [3.8, 4) is 11.3 Å². The van der Waals surface area contributed by atoms with Gasteiger partial charge in [-0.3, -0.25) is 14.7 Å². The first kappa shape index (κ1) is 24.8. The summed E-state index contributed by atoms with van der Waals surface area (Å²) < 4.78 is 24.4. The van der Waals surface area contributed by atoms with E-state index in [0.29, 0.717) is 10.7 Å². The molecule has 0 fully saturated rings. The van der Waals surface area contributed by atoms with Crippen LogP contribution in [0.2, 0.25) is 0 Å². The van der Waals surface area contributed by atoms with E-state index in [1.807, 2.05) is 27.7 Å². The number of benzene rings is 2.